The molecule has 0 radical (unpaired) electrons. The maximum atomic E-state index is 11.1. The molecular weight excluding hydrogens is 374 g/mol. The van der Waals surface area contributed by atoms with E-state index in [-0.39, 0.29) is 5.91 Å². The average molecular weight is 402 g/mol. The van der Waals surface area contributed by atoms with Crippen molar-refractivity contribution in [1.82, 2.24) is 19.9 Å². The van der Waals surface area contributed by atoms with Crippen LogP contribution in [-0.2, 0) is 24.3 Å². The number of rotatable bonds is 7. The summed E-state index contributed by atoms with van der Waals surface area (Å²) in [5, 5.41) is 3.90. The second-order valence-electron chi connectivity index (χ2n) is 7.66. The van der Waals surface area contributed by atoms with Gasteiger partial charge in [0.2, 0.25) is 5.91 Å². The quantitative estimate of drug-likeness (QED) is 0.486. The number of nitrogens with two attached hydrogens (primary N) is 1. The fourth-order valence-electron chi connectivity index (χ4n) is 3.77. The van der Waals surface area contributed by atoms with E-state index in [4.69, 9.17) is 10.7 Å². The van der Waals surface area contributed by atoms with E-state index in [9.17, 15) is 4.79 Å². The van der Waals surface area contributed by atoms with Crippen molar-refractivity contribution in [2.75, 3.05) is 5.73 Å². The molecule has 6 nitrogen and oxygen atoms in total. The Hall–Kier alpha value is -3.41. The number of unbranched alkanes of at least 4 members (excludes halogenated alkanes) is 1. The molecule has 6 heteroatoms. The first-order chi connectivity index (χ1) is 14.6. The van der Waals surface area contributed by atoms with Gasteiger partial charge in [0, 0.05) is 31.8 Å². The lowest BCUT2D eigenvalue weighted by atomic mass is 10.1. The van der Waals surface area contributed by atoms with E-state index in [1.165, 1.54) is 12.5 Å². The maximum Gasteiger partial charge on any atom is 0.217 e. The van der Waals surface area contributed by atoms with Crippen LogP contribution in [0.25, 0.3) is 21.9 Å². The fraction of sp³-hybridized carbons (Fsp3) is 0.292. The van der Waals surface area contributed by atoms with Gasteiger partial charge in [0.05, 0.1) is 11.0 Å². The molecule has 0 saturated carbocycles. The van der Waals surface area contributed by atoms with Crippen LogP contribution >= 0.6 is 0 Å². The number of para-hydroxylation sites is 1. The van der Waals surface area contributed by atoms with Crippen molar-refractivity contribution in [2.45, 2.75) is 46.2 Å². The SMILES string of the molecule is CCCCc1nc2c(N)nc3ccccc3c2n1Cc1ccc(CNC(C)=O)cc1. The second-order valence-corrected chi connectivity index (χ2v) is 7.66. The molecule has 4 rings (SSSR count). The lowest BCUT2D eigenvalue weighted by molar-refractivity contribution is -0.119. The van der Waals surface area contributed by atoms with Crippen molar-refractivity contribution in [3.63, 3.8) is 0 Å². The Bertz CT molecular complexity index is 1190. The van der Waals surface area contributed by atoms with Gasteiger partial charge in [-0.3, -0.25) is 4.79 Å². The number of hydrogen-bond donors (Lipinski definition) is 2. The van der Waals surface area contributed by atoms with Gasteiger partial charge in [-0.2, -0.15) is 0 Å². The Labute approximate surface area is 176 Å². The Morgan fingerprint density at radius 1 is 1.07 bits per heavy atom. The van der Waals surface area contributed by atoms with Gasteiger partial charge in [-0.25, -0.2) is 9.97 Å². The number of nitrogen functional groups attached to an aromatic ring is 1. The highest BCUT2D eigenvalue weighted by molar-refractivity contribution is 6.06. The first kappa shape index (κ1) is 19.9. The molecule has 0 unspecified atom stereocenters. The van der Waals surface area contributed by atoms with Crippen LogP contribution in [0.5, 0.6) is 0 Å². The molecule has 0 saturated heterocycles. The van der Waals surface area contributed by atoms with Gasteiger partial charge in [-0.05, 0) is 23.6 Å². The van der Waals surface area contributed by atoms with Gasteiger partial charge >= 0.3 is 0 Å². The highest BCUT2D eigenvalue weighted by atomic mass is 16.1. The average Bonchev–Trinajstić information content (AvgIpc) is 3.11. The predicted molar refractivity (Wildman–Crippen MR) is 121 cm³/mol. The number of imidazole rings is 1. The van der Waals surface area contributed by atoms with E-state index in [0.29, 0.717) is 18.9 Å². The Morgan fingerprint density at radius 3 is 2.53 bits per heavy atom. The number of nitrogens with one attached hydrogen (secondary N) is 1. The monoisotopic (exact) mass is 401 g/mol. The summed E-state index contributed by atoms with van der Waals surface area (Å²) < 4.78 is 2.29. The van der Waals surface area contributed by atoms with Crippen LogP contribution in [0.3, 0.4) is 0 Å². The van der Waals surface area contributed by atoms with Crippen LogP contribution in [-0.4, -0.2) is 20.4 Å². The molecule has 2 heterocycles. The third kappa shape index (κ3) is 3.99. The minimum atomic E-state index is -0.0254. The Morgan fingerprint density at radius 2 is 1.80 bits per heavy atom. The van der Waals surface area contributed by atoms with E-state index in [1.54, 1.807) is 0 Å². The third-order valence-corrected chi connectivity index (χ3v) is 5.35. The van der Waals surface area contributed by atoms with E-state index in [1.807, 2.05) is 18.2 Å². The summed E-state index contributed by atoms with van der Waals surface area (Å²) in [5.41, 5.74) is 11.3. The summed E-state index contributed by atoms with van der Waals surface area (Å²) >= 11 is 0. The first-order valence-corrected chi connectivity index (χ1v) is 10.4. The van der Waals surface area contributed by atoms with Gasteiger partial charge < -0.3 is 15.6 Å². The summed E-state index contributed by atoms with van der Waals surface area (Å²) in [5.74, 6) is 1.49. The Kier molecular flexibility index (Phi) is 5.65. The normalized spacial score (nSPS) is 11.3. The number of pyridine rings is 1. The molecule has 1 amide bonds. The number of hydrogen-bond acceptors (Lipinski definition) is 4. The third-order valence-electron chi connectivity index (χ3n) is 5.35. The van der Waals surface area contributed by atoms with Crippen LogP contribution in [0, 0.1) is 0 Å². The molecule has 0 fully saturated rings. The standard InChI is InChI=1S/C24H27N5O/c1-3-4-9-21-28-22-23(19-7-5-6-8-20(19)27-24(22)25)29(21)15-18-12-10-17(11-13-18)14-26-16(2)30/h5-8,10-13H,3-4,9,14-15H2,1-2H3,(H2,25,27)(H,26,30). The zero-order valence-electron chi connectivity index (χ0n) is 17.5. The van der Waals surface area contributed by atoms with Gasteiger partial charge in [0.25, 0.3) is 0 Å². The van der Waals surface area contributed by atoms with Crippen molar-refractivity contribution in [2.24, 2.45) is 0 Å². The number of aryl methyl sites for hydroxylation is 1. The molecule has 2 aromatic carbocycles. The number of amides is 1. The van der Waals surface area contributed by atoms with Crippen LogP contribution in [0.2, 0.25) is 0 Å². The molecule has 154 valence electrons. The molecule has 0 spiro atoms. The summed E-state index contributed by atoms with van der Waals surface area (Å²) in [7, 11) is 0. The molecule has 0 aliphatic carbocycles. The number of anilines is 1. The van der Waals surface area contributed by atoms with Gasteiger partial charge in [0.15, 0.2) is 5.82 Å². The molecule has 2 aromatic heterocycles. The van der Waals surface area contributed by atoms with Crippen LogP contribution in [0.1, 0.15) is 43.6 Å². The number of carbonyl (C=O) groups excluding carboxylic acids is 1. The maximum absolute atomic E-state index is 11.1. The zero-order chi connectivity index (χ0) is 21.1. The number of benzene rings is 2. The zero-order valence-corrected chi connectivity index (χ0v) is 17.5. The van der Waals surface area contributed by atoms with Gasteiger partial charge in [-0.15, -0.1) is 0 Å². The molecule has 0 bridgehead atoms. The summed E-state index contributed by atoms with van der Waals surface area (Å²) in [4.78, 5) is 20.6. The van der Waals surface area contributed by atoms with Crippen molar-refractivity contribution >= 4 is 33.7 Å². The van der Waals surface area contributed by atoms with E-state index in [0.717, 1.165) is 52.6 Å². The van der Waals surface area contributed by atoms with Crippen molar-refractivity contribution in [3.05, 3.63) is 65.5 Å². The fourth-order valence-corrected chi connectivity index (χ4v) is 3.77. The minimum Gasteiger partial charge on any atom is -0.382 e. The molecular formula is C24H27N5O. The van der Waals surface area contributed by atoms with E-state index in [2.05, 4.69) is 52.1 Å². The molecule has 4 aromatic rings. The molecule has 0 aliphatic heterocycles. The number of aromatic nitrogens is 3. The highest BCUT2D eigenvalue weighted by Gasteiger charge is 2.17. The van der Waals surface area contributed by atoms with Crippen molar-refractivity contribution < 1.29 is 4.79 Å². The van der Waals surface area contributed by atoms with Crippen molar-refractivity contribution in [3.8, 4) is 0 Å². The minimum absolute atomic E-state index is 0.0254. The number of nitrogens with zero attached hydrogens (tertiary/aromatic N) is 3. The summed E-state index contributed by atoms with van der Waals surface area (Å²) in [6, 6.07) is 16.4. The lowest BCUT2D eigenvalue weighted by Crippen LogP contribution is -2.18. The van der Waals surface area contributed by atoms with E-state index < -0.39 is 0 Å². The highest BCUT2D eigenvalue weighted by Crippen LogP contribution is 2.30. The van der Waals surface area contributed by atoms with Gasteiger partial charge in [0.1, 0.15) is 11.3 Å². The second kappa shape index (κ2) is 8.53. The predicted octanol–water partition coefficient (Wildman–Crippen LogP) is 4.19. The lowest BCUT2D eigenvalue weighted by Gasteiger charge is -2.12. The topological polar surface area (TPSA) is 85.8 Å². The number of carbonyl (C=O) groups is 1. The van der Waals surface area contributed by atoms with Crippen LogP contribution in [0.15, 0.2) is 48.5 Å². The molecule has 0 atom stereocenters. The Balaban J connectivity index is 1.77. The first-order valence-electron chi connectivity index (χ1n) is 10.4. The van der Waals surface area contributed by atoms with Crippen LogP contribution < -0.4 is 11.1 Å². The van der Waals surface area contributed by atoms with Gasteiger partial charge in [-0.1, -0.05) is 55.8 Å². The van der Waals surface area contributed by atoms with E-state index >= 15 is 0 Å². The molecule has 3 N–H and O–H groups in total. The summed E-state index contributed by atoms with van der Waals surface area (Å²) in [6.07, 6.45) is 3.08. The van der Waals surface area contributed by atoms with Crippen LogP contribution in [0.4, 0.5) is 5.82 Å². The largest absolute Gasteiger partial charge is 0.382 e. The smallest absolute Gasteiger partial charge is 0.217 e. The molecule has 30 heavy (non-hydrogen) atoms. The molecule has 0 aliphatic rings. The van der Waals surface area contributed by atoms with Crippen molar-refractivity contribution in [1.29, 1.82) is 0 Å². The summed E-state index contributed by atoms with van der Waals surface area (Å²) in [6.45, 7) is 4.97. The number of fused-ring (bicyclic) bond motifs is 3.